The molecule has 0 aliphatic carbocycles. The molecule has 1 fully saturated rings. The highest BCUT2D eigenvalue weighted by atomic mass is 32.2. The van der Waals surface area contributed by atoms with Gasteiger partial charge in [-0.3, -0.25) is 9.69 Å². The fourth-order valence-electron chi connectivity index (χ4n) is 4.64. The van der Waals surface area contributed by atoms with Crippen LogP contribution in [0.3, 0.4) is 0 Å². The van der Waals surface area contributed by atoms with Crippen LogP contribution >= 0.6 is 0 Å². The van der Waals surface area contributed by atoms with Gasteiger partial charge in [0.25, 0.3) is 0 Å². The number of pyridine rings is 1. The molecular formula is C25H30FN3O3S. The molecule has 6 nitrogen and oxygen atoms in total. The van der Waals surface area contributed by atoms with Crippen molar-refractivity contribution in [3.05, 3.63) is 63.7 Å². The Morgan fingerprint density at radius 2 is 1.70 bits per heavy atom. The molecule has 1 aliphatic rings. The van der Waals surface area contributed by atoms with Crippen molar-refractivity contribution in [1.29, 1.82) is 0 Å². The van der Waals surface area contributed by atoms with Gasteiger partial charge in [-0.1, -0.05) is 24.6 Å². The normalized spacial score (nSPS) is 15.4. The Balaban J connectivity index is 1.78. The minimum Gasteiger partial charge on any atom is -0.367 e. The average molecular weight is 472 g/mol. The number of rotatable bonds is 5. The van der Waals surface area contributed by atoms with Gasteiger partial charge in [0.05, 0.1) is 21.5 Å². The molecule has 2 aromatic carbocycles. The molecule has 1 aliphatic heterocycles. The summed E-state index contributed by atoms with van der Waals surface area (Å²) in [7, 11) is -2.37. The fourth-order valence-corrected chi connectivity index (χ4v) is 6.26. The van der Waals surface area contributed by atoms with E-state index < -0.39 is 21.1 Å². The first-order valence-electron chi connectivity index (χ1n) is 11.3. The first-order chi connectivity index (χ1) is 15.6. The highest BCUT2D eigenvalue weighted by Gasteiger charge is 2.26. The van der Waals surface area contributed by atoms with Gasteiger partial charge in [-0.05, 0) is 50.6 Å². The van der Waals surface area contributed by atoms with E-state index in [0.717, 1.165) is 31.6 Å². The smallest absolute Gasteiger partial charge is 0.212 e. The Bertz CT molecular complexity index is 1370. The van der Waals surface area contributed by atoms with Gasteiger partial charge in [0.15, 0.2) is 0 Å². The van der Waals surface area contributed by atoms with E-state index in [1.807, 2.05) is 11.8 Å². The number of piperazine rings is 1. The zero-order chi connectivity index (χ0) is 23.9. The van der Waals surface area contributed by atoms with E-state index in [4.69, 9.17) is 0 Å². The molecule has 8 heteroatoms. The molecule has 0 radical (unpaired) electrons. The van der Waals surface area contributed by atoms with Crippen LogP contribution in [0.1, 0.15) is 24.5 Å². The van der Waals surface area contributed by atoms with Gasteiger partial charge in [-0.25, -0.2) is 12.8 Å². The van der Waals surface area contributed by atoms with Crippen molar-refractivity contribution in [3.63, 3.8) is 0 Å². The van der Waals surface area contributed by atoms with E-state index in [-0.39, 0.29) is 15.2 Å². The molecule has 0 spiro atoms. The summed E-state index contributed by atoms with van der Waals surface area (Å²) in [4.78, 5) is 17.3. The first kappa shape index (κ1) is 23.4. The predicted molar refractivity (Wildman–Crippen MR) is 129 cm³/mol. The number of hydrogen-bond acceptors (Lipinski definition) is 5. The Morgan fingerprint density at radius 1 is 1.00 bits per heavy atom. The molecule has 0 atom stereocenters. The molecule has 176 valence electrons. The molecule has 3 aromatic rings. The van der Waals surface area contributed by atoms with Gasteiger partial charge in [-0.15, -0.1) is 0 Å². The topological polar surface area (TPSA) is 62.6 Å². The molecule has 4 rings (SSSR count). The van der Waals surface area contributed by atoms with Gasteiger partial charge in [-0.2, -0.15) is 0 Å². The summed E-state index contributed by atoms with van der Waals surface area (Å²) in [5.41, 5.74) is 1.77. The summed E-state index contributed by atoms with van der Waals surface area (Å²) in [6.45, 7) is 9.88. The van der Waals surface area contributed by atoms with Gasteiger partial charge in [0, 0.05) is 39.4 Å². The largest absolute Gasteiger partial charge is 0.367 e. The van der Waals surface area contributed by atoms with Gasteiger partial charge in [0.1, 0.15) is 10.7 Å². The lowest BCUT2D eigenvalue weighted by molar-refractivity contribution is 0.258. The van der Waals surface area contributed by atoms with Crippen LogP contribution in [0.15, 0.2) is 51.1 Å². The molecule has 0 bridgehead atoms. The standard InChI is InChI=1S/C25H30FN3O3S/c1-5-8-28-9-11-29(12-10-28)22-15-21-19(14-20(22)26)25(30)24(16-27(21)4)33(31,32)23-7-6-17(2)13-18(23)3/h6-7,13-16H,5,8-12H2,1-4H3. The lowest BCUT2D eigenvalue weighted by atomic mass is 10.1. The summed E-state index contributed by atoms with van der Waals surface area (Å²) in [5, 5.41) is 0.0641. The average Bonchev–Trinajstić information content (AvgIpc) is 2.76. The van der Waals surface area contributed by atoms with Gasteiger partial charge < -0.3 is 9.47 Å². The summed E-state index contributed by atoms with van der Waals surface area (Å²) in [6, 6.07) is 7.84. The number of sulfone groups is 1. The van der Waals surface area contributed by atoms with Crippen molar-refractivity contribution < 1.29 is 12.8 Å². The van der Waals surface area contributed by atoms with Crippen molar-refractivity contribution >= 4 is 26.4 Å². The van der Waals surface area contributed by atoms with Crippen LogP contribution in [-0.4, -0.2) is 50.6 Å². The number of halogens is 1. The van der Waals surface area contributed by atoms with E-state index in [1.165, 1.54) is 18.3 Å². The Labute approximate surface area is 194 Å². The van der Waals surface area contributed by atoms with E-state index in [9.17, 15) is 13.2 Å². The van der Waals surface area contributed by atoms with Gasteiger partial charge >= 0.3 is 0 Å². The minimum atomic E-state index is -4.06. The zero-order valence-electron chi connectivity index (χ0n) is 19.6. The van der Waals surface area contributed by atoms with E-state index in [2.05, 4.69) is 11.8 Å². The maximum absolute atomic E-state index is 15.2. The van der Waals surface area contributed by atoms with Crippen LogP contribution in [0.4, 0.5) is 10.1 Å². The number of fused-ring (bicyclic) bond motifs is 1. The number of aromatic nitrogens is 1. The third-order valence-electron chi connectivity index (χ3n) is 6.39. The minimum absolute atomic E-state index is 0.0641. The molecule has 0 amide bonds. The second-order valence-electron chi connectivity index (χ2n) is 8.86. The number of nitrogens with zero attached hydrogens (tertiary/aromatic N) is 3. The number of aryl methyl sites for hydroxylation is 3. The van der Waals surface area contributed by atoms with Crippen molar-refractivity contribution in [2.24, 2.45) is 7.05 Å². The van der Waals surface area contributed by atoms with Crippen molar-refractivity contribution in [3.8, 4) is 0 Å². The second-order valence-corrected chi connectivity index (χ2v) is 10.7. The summed E-state index contributed by atoms with van der Waals surface area (Å²) < 4.78 is 43.5. The number of hydrogen-bond donors (Lipinski definition) is 0. The monoisotopic (exact) mass is 471 g/mol. The quantitative estimate of drug-likeness (QED) is 0.568. The Morgan fingerprint density at radius 3 is 2.33 bits per heavy atom. The molecule has 0 unspecified atom stereocenters. The third kappa shape index (κ3) is 4.29. The highest BCUT2D eigenvalue weighted by Crippen LogP contribution is 2.28. The fraction of sp³-hybridized carbons (Fsp3) is 0.400. The maximum atomic E-state index is 15.2. The van der Waals surface area contributed by atoms with Crippen molar-refractivity contribution in [2.45, 2.75) is 37.0 Å². The lowest BCUT2D eigenvalue weighted by Crippen LogP contribution is -2.46. The highest BCUT2D eigenvalue weighted by molar-refractivity contribution is 7.91. The SMILES string of the molecule is CCCN1CCN(c2cc3c(cc2F)c(=O)c(S(=O)(=O)c2ccc(C)cc2C)cn3C)CC1. The maximum Gasteiger partial charge on any atom is 0.212 e. The van der Waals surface area contributed by atoms with Crippen LogP contribution in [0.5, 0.6) is 0 Å². The van der Waals surface area contributed by atoms with Crippen LogP contribution in [0.25, 0.3) is 10.9 Å². The van der Waals surface area contributed by atoms with E-state index in [1.54, 1.807) is 36.7 Å². The molecule has 2 heterocycles. The molecule has 0 N–H and O–H groups in total. The molecule has 33 heavy (non-hydrogen) atoms. The van der Waals surface area contributed by atoms with Crippen LogP contribution in [-0.2, 0) is 16.9 Å². The first-order valence-corrected chi connectivity index (χ1v) is 12.7. The lowest BCUT2D eigenvalue weighted by Gasteiger charge is -2.36. The van der Waals surface area contributed by atoms with Crippen LogP contribution in [0, 0.1) is 19.7 Å². The van der Waals surface area contributed by atoms with Crippen molar-refractivity contribution in [1.82, 2.24) is 9.47 Å². The summed E-state index contributed by atoms with van der Waals surface area (Å²) in [6.07, 6.45) is 2.43. The molecule has 0 saturated carbocycles. The van der Waals surface area contributed by atoms with E-state index in [0.29, 0.717) is 29.9 Å². The Hall–Kier alpha value is -2.71. The number of benzene rings is 2. The zero-order valence-corrected chi connectivity index (χ0v) is 20.4. The summed E-state index contributed by atoms with van der Waals surface area (Å²) >= 11 is 0. The molecule has 1 aromatic heterocycles. The second kappa shape index (κ2) is 8.91. The van der Waals surface area contributed by atoms with Gasteiger partial charge in [0.2, 0.25) is 15.3 Å². The molecule has 1 saturated heterocycles. The predicted octanol–water partition coefficient (Wildman–Crippen LogP) is 3.66. The third-order valence-corrected chi connectivity index (χ3v) is 8.29. The van der Waals surface area contributed by atoms with Crippen molar-refractivity contribution in [2.75, 3.05) is 37.6 Å². The number of anilines is 1. The Kier molecular flexibility index (Phi) is 6.33. The summed E-state index contributed by atoms with van der Waals surface area (Å²) in [5.74, 6) is -0.510. The van der Waals surface area contributed by atoms with E-state index >= 15 is 4.39 Å². The molecular weight excluding hydrogens is 441 g/mol. The van der Waals surface area contributed by atoms with Crippen LogP contribution < -0.4 is 10.3 Å². The van der Waals surface area contributed by atoms with Crippen LogP contribution in [0.2, 0.25) is 0 Å².